The van der Waals surface area contributed by atoms with E-state index in [2.05, 4.69) is 18.8 Å². The second kappa shape index (κ2) is 6.10. The highest BCUT2D eigenvalue weighted by molar-refractivity contribution is 6.29. The fourth-order valence-electron chi connectivity index (χ4n) is 2.83. The quantitative estimate of drug-likeness (QED) is 0.872. The zero-order valence-corrected chi connectivity index (χ0v) is 12.7. The number of rotatable bonds is 3. The number of halogens is 1. The Kier molecular flexibility index (Phi) is 4.66. The number of nitrogens with zero attached hydrogens (tertiary/aromatic N) is 2. The van der Waals surface area contributed by atoms with E-state index in [1.54, 1.807) is 18.3 Å². The zero-order chi connectivity index (χ0) is 14.8. The molecule has 1 aromatic rings. The fraction of sp³-hybridized carbons (Fsp3) is 0.600. The number of carbonyl (C=O) groups excluding carboxylic acids is 1. The molecule has 0 aromatic carbocycles. The molecule has 1 unspecified atom stereocenters. The number of hydrogen-bond acceptors (Lipinski definition) is 3. The molecule has 2 heterocycles. The van der Waals surface area contributed by atoms with Crippen LogP contribution in [-0.2, 0) is 0 Å². The third-order valence-corrected chi connectivity index (χ3v) is 4.62. The van der Waals surface area contributed by atoms with E-state index in [9.17, 15) is 9.90 Å². The molecule has 0 saturated carbocycles. The zero-order valence-electron chi connectivity index (χ0n) is 12.0. The molecule has 1 aliphatic rings. The Hall–Kier alpha value is -1.13. The van der Waals surface area contributed by atoms with Crippen molar-refractivity contribution in [2.24, 2.45) is 11.3 Å². The minimum absolute atomic E-state index is 0.0347. The highest BCUT2D eigenvalue weighted by Gasteiger charge is 2.39. The van der Waals surface area contributed by atoms with Crippen LogP contribution in [0.15, 0.2) is 18.3 Å². The van der Waals surface area contributed by atoms with Crippen LogP contribution >= 0.6 is 11.6 Å². The van der Waals surface area contributed by atoms with E-state index < -0.39 is 0 Å². The number of pyridine rings is 1. The maximum absolute atomic E-state index is 12.5. The average Bonchev–Trinajstić information content (AvgIpc) is 2.46. The van der Waals surface area contributed by atoms with Gasteiger partial charge in [0.1, 0.15) is 5.15 Å². The summed E-state index contributed by atoms with van der Waals surface area (Å²) in [6.45, 7) is 5.65. The van der Waals surface area contributed by atoms with E-state index in [1.807, 2.05) is 4.90 Å². The Morgan fingerprint density at radius 1 is 1.60 bits per heavy atom. The minimum atomic E-state index is -0.190. The summed E-state index contributed by atoms with van der Waals surface area (Å²) in [5, 5.41) is 10.1. The molecule has 1 N–H and O–H groups in total. The molecule has 1 fully saturated rings. The standard InChI is InChI=1S/C15H21ClN2O2/c1-11(2)15(10-19)5-3-7-18(9-15)14(20)12-4-6-17-13(16)8-12/h4,6,8,11,19H,3,5,7,9-10H2,1-2H3. The number of carbonyl (C=O) groups is 1. The lowest BCUT2D eigenvalue weighted by Gasteiger charge is -2.44. The normalized spacial score (nSPS) is 23.1. The van der Waals surface area contributed by atoms with Crippen molar-refractivity contribution in [2.75, 3.05) is 19.7 Å². The summed E-state index contributed by atoms with van der Waals surface area (Å²) >= 11 is 5.84. The summed E-state index contributed by atoms with van der Waals surface area (Å²) in [7, 11) is 0. The Balaban J connectivity index is 2.18. The SMILES string of the molecule is CC(C)C1(CO)CCCN(C(=O)c2ccnc(Cl)c2)C1. The van der Waals surface area contributed by atoms with Gasteiger partial charge in [-0.25, -0.2) is 4.98 Å². The molecule has 1 aliphatic heterocycles. The lowest BCUT2D eigenvalue weighted by Crippen LogP contribution is -2.50. The van der Waals surface area contributed by atoms with Crippen LogP contribution in [0, 0.1) is 11.3 Å². The molecule has 5 heteroatoms. The van der Waals surface area contributed by atoms with Crippen molar-refractivity contribution in [3.8, 4) is 0 Å². The molecule has 1 amide bonds. The first-order valence-electron chi connectivity index (χ1n) is 7.00. The molecule has 1 saturated heterocycles. The van der Waals surface area contributed by atoms with Crippen LogP contribution in [0.4, 0.5) is 0 Å². The third kappa shape index (κ3) is 2.96. The smallest absolute Gasteiger partial charge is 0.254 e. The van der Waals surface area contributed by atoms with Crippen LogP contribution in [-0.4, -0.2) is 40.6 Å². The van der Waals surface area contributed by atoms with Gasteiger partial charge in [0, 0.05) is 30.3 Å². The van der Waals surface area contributed by atoms with Gasteiger partial charge in [-0.15, -0.1) is 0 Å². The van der Waals surface area contributed by atoms with Crippen molar-refractivity contribution in [1.29, 1.82) is 0 Å². The van der Waals surface area contributed by atoms with Crippen LogP contribution in [0.25, 0.3) is 0 Å². The maximum atomic E-state index is 12.5. The molecular formula is C15H21ClN2O2. The first kappa shape index (κ1) is 15.3. The highest BCUT2D eigenvalue weighted by atomic mass is 35.5. The molecular weight excluding hydrogens is 276 g/mol. The van der Waals surface area contributed by atoms with Gasteiger partial charge in [-0.3, -0.25) is 4.79 Å². The summed E-state index contributed by atoms with van der Waals surface area (Å²) in [6, 6.07) is 3.27. The molecule has 0 bridgehead atoms. The van der Waals surface area contributed by atoms with E-state index in [0.717, 1.165) is 19.4 Å². The molecule has 0 aliphatic carbocycles. The van der Waals surface area contributed by atoms with E-state index >= 15 is 0 Å². The number of aliphatic hydroxyl groups is 1. The van der Waals surface area contributed by atoms with E-state index in [0.29, 0.717) is 23.2 Å². The Morgan fingerprint density at radius 3 is 2.95 bits per heavy atom. The van der Waals surface area contributed by atoms with E-state index in [-0.39, 0.29) is 17.9 Å². The number of aromatic nitrogens is 1. The molecule has 1 atom stereocenters. The summed E-state index contributed by atoms with van der Waals surface area (Å²) in [4.78, 5) is 18.3. The van der Waals surface area contributed by atoms with Crippen LogP contribution in [0.2, 0.25) is 5.15 Å². The number of aliphatic hydroxyl groups excluding tert-OH is 1. The van der Waals surface area contributed by atoms with E-state index in [4.69, 9.17) is 11.6 Å². The van der Waals surface area contributed by atoms with Gasteiger partial charge in [0.05, 0.1) is 6.61 Å². The third-order valence-electron chi connectivity index (χ3n) is 4.41. The lowest BCUT2D eigenvalue weighted by molar-refractivity contribution is 0.000694. The Labute approximate surface area is 124 Å². The number of likely N-dealkylation sites (tertiary alicyclic amines) is 1. The first-order chi connectivity index (χ1) is 9.48. The summed E-state index contributed by atoms with van der Waals surface area (Å²) in [5.74, 6) is 0.302. The molecule has 0 radical (unpaired) electrons. The Morgan fingerprint density at radius 2 is 2.35 bits per heavy atom. The highest BCUT2D eigenvalue weighted by Crippen LogP contribution is 2.37. The van der Waals surface area contributed by atoms with Crippen molar-refractivity contribution < 1.29 is 9.90 Å². The first-order valence-corrected chi connectivity index (χ1v) is 7.38. The second-order valence-electron chi connectivity index (χ2n) is 5.87. The maximum Gasteiger partial charge on any atom is 0.254 e. The monoisotopic (exact) mass is 296 g/mol. The number of piperidine rings is 1. The average molecular weight is 297 g/mol. The van der Waals surface area contributed by atoms with Crippen LogP contribution in [0.5, 0.6) is 0 Å². The van der Waals surface area contributed by atoms with Crippen molar-refractivity contribution in [2.45, 2.75) is 26.7 Å². The van der Waals surface area contributed by atoms with Gasteiger partial charge in [0.15, 0.2) is 0 Å². The largest absolute Gasteiger partial charge is 0.396 e. The number of amides is 1. The van der Waals surface area contributed by atoms with Crippen LogP contribution in [0.1, 0.15) is 37.0 Å². The van der Waals surface area contributed by atoms with Gasteiger partial charge in [0.25, 0.3) is 5.91 Å². The van der Waals surface area contributed by atoms with Gasteiger partial charge < -0.3 is 10.0 Å². The van der Waals surface area contributed by atoms with Crippen molar-refractivity contribution in [3.05, 3.63) is 29.0 Å². The second-order valence-corrected chi connectivity index (χ2v) is 6.26. The van der Waals surface area contributed by atoms with Crippen LogP contribution in [0.3, 0.4) is 0 Å². The molecule has 1 aromatic heterocycles. The number of hydrogen-bond donors (Lipinski definition) is 1. The van der Waals surface area contributed by atoms with Gasteiger partial charge in [-0.1, -0.05) is 25.4 Å². The molecule has 20 heavy (non-hydrogen) atoms. The van der Waals surface area contributed by atoms with Crippen LogP contribution < -0.4 is 0 Å². The summed E-state index contributed by atoms with van der Waals surface area (Å²) in [6.07, 6.45) is 3.42. The van der Waals surface area contributed by atoms with Gasteiger partial charge in [-0.05, 0) is 30.9 Å². The predicted octanol–water partition coefficient (Wildman–Crippen LogP) is 2.61. The predicted molar refractivity (Wildman–Crippen MR) is 78.7 cm³/mol. The molecule has 0 spiro atoms. The summed E-state index contributed by atoms with van der Waals surface area (Å²) in [5.41, 5.74) is 0.368. The van der Waals surface area contributed by atoms with Crippen molar-refractivity contribution in [1.82, 2.24) is 9.88 Å². The van der Waals surface area contributed by atoms with Gasteiger partial charge >= 0.3 is 0 Å². The molecule has 110 valence electrons. The fourth-order valence-corrected chi connectivity index (χ4v) is 3.01. The lowest BCUT2D eigenvalue weighted by atomic mass is 9.72. The molecule has 4 nitrogen and oxygen atoms in total. The molecule has 2 rings (SSSR count). The Bertz CT molecular complexity index is 493. The minimum Gasteiger partial charge on any atom is -0.396 e. The van der Waals surface area contributed by atoms with Gasteiger partial charge in [0.2, 0.25) is 0 Å². The van der Waals surface area contributed by atoms with Crippen molar-refractivity contribution >= 4 is 17.5 Å². The van der Waals surface area contributed by atoms with Crippen molar-refractivity contribution in [3.63, 3.8) is 0 Å². The van der Waals surface area contributed by atoms with E-state index in [1.165, 1.54) is 0 Å². The topological polar surface area (TPSA) is 53.4 Å². The summed E-state index contributed by atoms with van der Waals surface area (Å²) < 4.78 is 0. The van der Waals surface area contributed by atoms with Gasteiger partial charge in [-0.2, -0.15) is 0 Å².